The van der Waals surface area contributed by atoms with Crippen LogP contribution in [-0.4, -0.2) is 72.5 Å². The first-order valence-corrected chi connectivity index (χ1v) is 13.3. The highest BCUT2D eigenvalue weighted by atomic mass is 32.2. The van der Waals surface area contributed by atoms with Crippen molar-refractivity contribution in [3.8, 4) is 11.5 Å². The fourth-order valence-electron chi connectivity index (χ4n) is 3.29. The molecule has 11 heteroatoms. The maximum atomic E-state index is 12.8. The minimum atomic E-state index is -3.91. The lowest BCUT2D eigenvalue weighted by Crippen LogP contribution is -2.46. The van der Waals surface area contributed by atoms with Gasteiger partial charge >= 0.3 is 0 Å². The van der Waals surface area contributed by atoms with Gasteiger partial charge in [-0.2, -0.15) is 4.31 Å². The molecular weight excluding hydrogens is 454 g/mol. The van der Waals surface area contributed by atoms with E-state index in [9.17, 15) is 16.8 Å². The van der Waals surface area contributed by atoms with Crippen LogP contribution in [0.3, 0.4) is 0 Å². The summed E-state index contributed by atoms with van der Waals surface area (Å²) in [5, 5.41) is 0. The summed E-state index contributed by atoms with van der Waals surface area (Å²) in [5.41, 5.74) is 0.258. The van der Waals surface area contributed by atoms with Crippen LogP contribution < -0.4 is 14.2 Å². The molecule has 1 saturated heterocycles. The molecule has 1 aliphatic rings. The molecule has 0 saturated carbocycles. The second-order valence-corrected chi connectivity index (χ2v) is 10.9. The van der Waals surface area contributed by atoms with E-state index in [0.29, 0.717) is 50.9 Å². The molecule has 3 rings (SSSR count). The van der Waals surface area contributed by atoms with Crippen molar-refractivity contribution in [2.24, 2.45) is 0 Å². The maximum absolute atomic E-state index is 12.8. The molecule has 0 atom stereocenters. The van der Waals surface area contributed by atoms with Crippen LogP contribution in [-0.2, 0) is 20.0 Å². The van der Waals surface area contributed by atoms with Crippen LogP contribution >= 0.6 is 0 Å². The van der Waals surface area contributed by atoms with E-state index in [1.165, 1.54) is 40.7 Å². The molecule has 0 unspecified atom stereocenters. The number of hydrogen-bond donors (Lipinski definition) is 1. The fourth-order valence-corrected chi connectivity index (χ4v) is 5.78. The Morgan fingerprint density at radius 3 is 1.97 bits per heavy atom. The minimum Gasteiger partial charge on any atom is -0.490 e. The fraction of sp³-hybridized carbons (Fsp3) is 0.429. The molecule has 176 valence electrons. The average molecular weight is 484 g/mol. The predicted octanol–water partition coefficient (Wildman–Crippen LogP) is 2.22. The van der Waals surface area contributed by atoms with Crippen molar-refractivity contribution < 1.29 is 26.3 Å². The molecule has 2 aromatic rings. The van der Waals surface area contributed by atoms with Crippen LogP contribution in [0.2, 0.25) is 0 Å². The van der Waals surface area contributed by atoms with Gasteiger partial charge in [-0.25, -0.2) is 16.8 Å². The summed E-state index contributed by atoms with van der Waals surface area (Å²) in [6.07, 6.45) is 0. The first-order chi connectivity index (χ1) is 15.2. The number of ether oxygens (including phenoxy) is 2. The van der Waals surface area contributed by atoms with E-state index in [1.54, 1.807) is 13.0 Å². The van der Waals surface area contributed by atoms with E-state index in [-0.39, 0.29) is 15.5 Å². The summed E-state index contributed by atoms with van der Waals surface area (Å²) < 4.78 is 66.3. The number of anilines is 1. The lowest BCUT2D eigenvalue weighted by molar-refractivity contribution is 0.222. The van der Waals surface area contributed by atoms with Crippen molar-refractivity contribution >= 4 is 25.7 Å². The molecule has 1 heterocycles. The molecule has 1 N–H and O–H groups in total. The van der Waals surface area contributed by atoms with E-state index in [0.717, 1.165) is 0 Å². The third kappa shape index (κ3) is 5.52. The quantitative estimate of drug-likeness (QED) is 0.583. The van der Waals surface area contributed by atoms with Crippen LogP contribution in [0.5, 0.6) is 11.5 Å². The highest BCUT2D eigenvalue weighted by molar-refractivity contribution is 7.92. The molecule has 0 aliphatic carbocycles. The maximum Gasteiger partial charge on any atom is 0.262 e. The Morgan fingerprint density at radius 2 is 1.38 bits per heavy atom. The summed E-state index contributed by atoms with van der Waals surface area (Å²) in [6, 6.07) is 10.1. The van der Waals surface area contributed by atoms with Crippen molar-refractivity contribution in [3.05, 3.63) is 42.5 Å². The van der Waals surface area contributed by atoms with Crippen LogP contribution in [0.15, 0.2) is 52.3 Å². The van der Waals surface area contributed by atoms with Gasteiger partial charge in [-0.05, 0) is 57.3 Å². The molecule has 0 bridgehead atoms. The molecular formula is C21H29N3O6S2. The van der Waals surface area contributed by atoms with Crippen LogP contribution in [0.1, 0.15) is 13.8 Å². The number of sulfonamides is 2. The Bertz CT molecular complexity index is 1130. The summed E-state index contributed by atoms with van der Waals surface area (Å²) in [5.74, 6) is 0.803. The zero-order valence-corrected chi connectivity index (χ0v) is 20.1. The smallest absolute Gasteiger partial charge is 0.262 e. The van der Waals surface area contributed by atoms with Gasteiger partial charge in [-0.3, -0.25) is 4.72 Å². The Labute approximate surface area is 190 Å². The van der Waals surface area contributed by atoms with Gasteiger partial charge < -0.3 is 14.4 Å². The summed E-state index contributed by atoms with van der Waals surface area (Å²) in [6.45, 7) is 6.60. The van der Waals surface area contributed by atoms with Gasteiger partial charge in [-0.1, -0.05) is 0 Å². The monoisotopic (exact) mass is 483 g/mol. The number of hydrogen-bond acceptors (Lipinski definition) is 7. The first-order valence-electron chi connectivity index (χ1n) is 10.4. The Morgan fingerprint density at radius 1 is 0.812 bits per heavy atom. The van der Waals surface area contributed by atoms with E-state index in [1.807, 2.05) is 14.0 Å². The SMILES string of the molecule is CCOc1ccc(S(=O)(=O)Nc2ccc(S(=O)(=O)N3CCN(C)CC3)cc2)cc1OCC. The number of rotatable bonds is 9. The summed E-state index contributed by atoms with van der Waals surface area (Å²) in [7, 11) is -5.58. The van der Waals surface area contributed by atoms with E-state index in [2.05, 4.69) is 9.62 Å². The molecule has 0 radical (unpaired) electrons. The third-order valence-electron chi connectivity index (χ3n) is 5.03. The summed E-state index contributed by atoms with van der Waals surface area (Å²) in [4.78, 5) is 2.21. The Hall–Kier alpha value is -2.34. The molecule has 9 nitrogen and oxygen atoms in total. The van der Waals surface area contributed by atoms with Crippen molar-refractivity contribution in [1.82, 2.24) is 9.21 Å². The average Bonchev–Trinajstić information content (AvgIpc) is 2.75. The van der Waals surface area contributed by atoms with Crippen molar-refractivity contribution in [2.75, 3.05) is 51.2 Å². The van der Waals surface area contributed by atoms with Gasteiger partial charge in [0.2, 0.25) is 10.0 Å². The number of benzene rings is 2. The standard InChI is InChI=1S/C21H29N3O6S2/c1-4-29-20-11-10-19(16-21(20)30-5-2)31(25,26)22-17-6-8-18(9-7-17)32(27,28)24-14-12-23(3)13-15-24/h6-11,16,22H,4-5,12-15H2,1-3H3. The number of piperazine rings is 1. The zero-order valence-electron chi connectivity index (χ0n) is 18.4. The molecule has 2 aromatic carbocycles. The molecule has 32 heavy (non-hydrogen) atoms. The first kappa shape index (κ1) is 24.3. The topological polar surface area (TPSA) is 105 Å². The summed E-state index contributed by atoms with van der Waals surface area (Å²) >= 11 is 0. The van der Waals surface area contributed by atoms with Gasteiger partial charge in [0, 0.05) is 37.9 Å². The second-order valence-electron chi connectivity index (χ2n) is 7.31. The van der Waals surface area contributed by atoms with Crippen molar-refractivity contribution in [2.45, 2.75) is 23.6 Å². The van der Waals surface area contributed by atoms with Crippen LogP contribution in [0, 0.1) is 0 Å². The number of likely N-dealkylation sites (N-methyl/N-ethyl adjacent to an activating group) is 1. The molecule has 1 fully saturated rings. The predicted molar refractivity (Wildman–Crippen MR) is 122 cm³/mol. The van der Waals surface area contributed by atoms with E-state index in [4.69, 9.17) is 9.47 Å². The van der Waals surface area contributed by atoms with E-state index >= 15 is 0 Å². The highest BCUT2D eigenvalue weighted by Gasteiger charge is 2.27. The highest BCUT2D eigenvalue weighted by Crippen LogP contribution is 2.31. The molecule has 0 amide bonds. The second kappa shape index (κ2) is 10.1. The van der Waals surface area contributed by atoms with Gasteiger partial charge in [-0.15, -0.1) is 0 Å². The lowest BCUT2D eigenvalue weighted by atomic mass is 10.3. The van der Waals surface area contributed by atoms with Crippen molar-refractivity contribution in [1.29, 1.82) is 0 Å². The van der Waals surface area contributed by atoms with Crippen molar-refractivity contribution in [3.63, 3.8) is 0 Å². The largest absolute Gasteiger partial charge is 0.490 e. The minimum absolute atomic E-state index is 0.0125. The van der Waals surface area contributed by atoms with Gasteiger partial charge in [0.05, 0.1) is 23.0 Å². The van der Waals surface area contributed by atoms with Gasteiger partial charge in [0.15, 0.2) is 11.5 Å². The lowest BCUT2D eigenvalue weighted by Gasteiger charge is -2.31. The number of nitrogens with one attached hydrogen (secondary N) is 1. The van der Waals surface area contributed by atoms with E-state index < -0.39 is 20.0 Å². The normalized spacial score (nSPS) is 16.0. The van der Waals surface area contributed by atoms with Crippen LogP contribution in [0.25, 0.3) is 0 Å². The van der Waals surface area contributed by atoms with Gasteiger partial charge in [0.25, 0.3) is 10.0 Å². The molecule has 0 aromatic heterocycles. The number of nitrogens with zero attached hydrogens (tertiary/aromatic N) is 2. The van der Waals surface area contributed by atoms with Crippen LogP contribution in [0.4, 0.5) is 5.69 Å². The Balaban J connectivity index is 1.78. The third-order valence-corrected chi connectivity index (χ3v) is 8.32. The Kier molecular flexibility index (Phi) is 7.65. The molecule has 0 spiro atoms. The zero-order chi connectivity index (χ0) is 23.4. The van der Waals surface area contributed by atoms with Gasteiger partial charge in [0.1, 0.15) is 0 Å². The molecule has 1 aliphatic heterocycles.